The summed E-state index contributed by atoms with van der Waals surface area (Å²) in [6.07, 6.45) is 8.97. The number of nitrogens with one attached hydrogen (secondary N) is 1. The molecule has 3 aromatic heterocycles. The first kappa shape index (κ1) is 18.4. The molecule has 1 N–H and O–H groups in total. The molecule has 4 aromatic rings. The second-order valence-electron chi connectivity index (χ2n) is 7.65. The molecule has 1 aliphatic carbocycles. The second kappa shape index (κ2) is 8.02. The fourth-order valence-corrected chi connectivity index (χ4v) is 3.96. The van der Waals surface area contributed by atoms with Crippen LogP contribution in [-0.4, -0.2) is 30.7 Å². The third kappa shape index (κ3) is 3.66. The Kier molecular flexibility index (Phi) is 4.93. The predicted molar refractivity (Wildman–Crippen MR) is 115 cm³/mol. The highest BCUT2D eigenvalue weighted by Gasteiger charge is 2.21. The topological polar surface area (TPSA) is 85.1 Å². The first-order valence-electron chi connectivity index (χ1n) is 10.3. The van der Waals surface area contributed by atoms with Gasteiger partial charge in [-0.3, -0.25) is 9.78 Å². The lowest BCUT2D eigenvalue weighted by Crippen LogP contribution is -2.24. The number of aromatic nitrogens is 5. The van der Waals surface area contributed by atoms with Crippen molar-refractivity contribution in [2.75, 3.05) is 5.32 Å². The minimum Gasteiger partial charge on any atom is -0.326 e. The molecule has 150 valence electrons. The summed E-state index contributed by atoms with van der Waals surface area (Å²) in [7, 11) is 0. The number of nitrogens with zero attached hydrogens (tertiary/aromatic N) is 5. The van der Waals surface area contributed by atoms with E-state index in [1.165, 1.54) is 6.42 Å². The van der Waals surface area contributed by atoms with E-state index in [0.717, 1.165) is 48.2 Å². The van der Waals surface area contributed by atoms with Crippen molar-refractivity contribution >= 4 is 17.2 Å². The monoisotopic (exact) mass is 398 g/mol. The summed E-state index contributed by atoms with van der Waals surface area (Å²) in [5.41, 5.74) is 4.17. The minimum atomic E-state index is 0.133. The summed E-state index contributed by atoms with van der Waals surface area (Å²) in [5.74, 6) is 0.946. The number of hydrogen-bond donors (Lipinski definition) is 1. The number of carbonyl (C=O) groups excluding carboxylic acids is 1. The first-order chi connectivity index (χ1) is 14.8. The third-order valence-corrected chi connectivity index (χ3v) is 5.63. The van der Waals surface area contributed by atoms with Crippen molar-refractivity contribution in [2.45, 2.75) is 32.1 Å². The van der Waals surface area contributed by atoms with Crippen LogP contribution >= 0.6 is 0 Å². The molecule has 5 rings (SSSR count). The van der Waals surface area contributed by atoms with E-state index >= 15 is 0 Å². The number of fused-ring (bicyclic) bond motifs is 1. The van der Waals surface area contributed by atoms with E-state index in [0.29, 0.717) is 11.5 Å². The Morgan fingerprint density at radius 1 is 0.867 bits per heavy atom. The largest absolute Gasteiger partial charge is 0.326 e. The molecular formula is C23H22N6O. The quantitative estimate of drug-likeness (QED) is 0.552. The van der Waals surface area contributed by atoms with Gasteiger partial charge in [0, 0.05) is 35.1 Å². The third-order valence-electron chi connectivity index (χ3n) is 5.63. The van der Waals surface area contributed by atoms with Crippen LogP contribution in [0.1, 0.15) is 32.1 Å². The average molecular weight is 398 g/mol. The van der Waals surface area contributed by atoms with E-state index in [-0.39, 0.29) is 11.8 Å². The molecular weight excluding hydrogens is 376 g/mol. The van der Waals surface area contributed by atoms with Crippen molar-refractivity contribution in [1.82, 2.24) is 24.8 Å². The highest BCUT2D eigenvalue weighted by molar-refractivity contribution is 5.92. The second-order valence-corrected chi connectivity index (χ2v) is 7.65. The molecule has 1 aliphatic rings. The van der Waals surface area contributed by atoms with Crippen LogP contribution < -0.4 is 5.32 Å². The van der Waals surface area contributed by atoms with Gasteiger partial charge < -0.3 is 5.32 Å². The SMILES string of the molecule is O=C(Nc1ccc(-c2ccc3nnc(-c4ccncc4)n3n2)cc1)C1CCCCC1. The van der Waals surface area contributed by atoms with Gasteiger partial charge >= 0.3 is 0 Å². The highest BCUT2D eigenvalue weighted by Crippen LogP contribution is 2.26. The highest BCUT2D eigenvalue weighted by atomic mass is 16.1. The van der Waals surface area contributed by atoms with Gasteiger partial charge in [-0.25, -0.2) is 0 Å². The van der Waals surface area contributed by atoms with E-state index in [2.05, 4.69) is 20.5 Å². The van der Waals surface area contributed by atoms with Gasteiger partial charge in [0.15, 0.2) is 11.5 Å². The first-order valence-corrected chi connectivity index (χ1v) is 10.3. The summed E-state index contributed by atoms with van der Waals surface area (Å²) in [6, 6.07) is 15.4. The van der Waals surface area contributed by atoms with Crippen LogP contribution in [0.4, 0.5) is 5.69 Å². The molecule has 0 saturated heterocycles. The molecule has 1 aromatic carbocycles. The van der Waals surface area contributed by atoms with Gasteiger partial charge in [-0.2, -0.15) is 9.61 Å². The van der Waals surface area contributed by atoms with Crippen LogP contribution in [0.5, 0.6) is 0 Å². The fraction of sp³-hybridized carbons (Fsp3) is 0.261. The van der Waals surface area contributed by atoms with Crippen molar-refractivity contribution in [3.05, 3.63) is 60.9 Å². The van der Waals surface area contributed by atoms with Gasteiger partial charge in [0.1, 0.15) is 0 Å². The molecule has 7 nitrogen and oxygen atoms in total. The number of pyridine rings is 1. The number of carbonyl (C=O) groups is 1. The number of benzene rings is 1. The zero-order valence-electron chi connectivity index (χ0n) is 16.5. The van der Waals surface area contributed by atoms with Crippen LogP contribution in [0.15, 0.2) is 60.9 Å². The maximum absolute atomic E-state index is 12.5. The standard InChI is InChI=1S/C23H22N6O/c30-23(18-4-2-1-3-5-18)25-19-8-6-16(7-9-19)20-10-11-21-26-27-22(29(21)28-20)17-12-14-24-15-13-17/h6-15,18H,1-5H2,(H,25,30). The molecule has 0 spiro atoms. The molecule has 3 heterocycles. The van der Waals surface area contributed by atoms with E-state index in [1.54, 1.807) is 16.9 Å². The van der Waals surface area contributed by atoms with Crippen LogP contribution in [0.25, 0.3) is 28.3 Å². The van der Waals surface area contributed by atoms with Gasteiger partial charge in [0.2, 0.25) is 5.91 Å². The van der Waals surface area contributed by atoms with Crippen molar-refractivity contribution in [1.29, 1.82) is 0 Å². The smallest absolute Gasteiger partial charge is 0.227 e. The molecule has 0 bridgehead atoms. The number of amides is 1. The van der Waals surface area contributed by atoms with Gasteiger partial charge in [-0.15, -0.1) is 10.2 Å². The summed E-state index contributed by atoms with van der Waals surface area (Å²) in [5, 5.41) is 16.3. The maximum Gasteiger partial charge on any atom is 0.227 e. The van der Waals surface area contributed by atoms with Crippen LogP contribution in [0.3, 0.4) is 0 Å². The van der Waals surface area contributed by atoms with Crippen molar-refractivity contribution < 1.29 is 4.79 Å². The molecule has 1 fully saturated rings. The Hall–Kier alpha value is -3.61. The lowest BCUT2D eigenvalue weighted by Gasteiger charge is -2.20. The molecule has 1 amide bonds. The molecule has 0 atom stereocenters. The Balaban J connectivity index is 1.38. The summed E-state index contributed by atoms with van der Waals surface area (Å²) >= 11 is 0. The van der Waals surface area contributed by atoms with Crippen molar-refractivity contribution in [3.8, 4) is 22.6 Å². The van der Waals surface area contributed by atoms with Crippen molar-refractivity contribution in [3.63, 3.8) is 0 Å². The van der Waals surface area contributed by atoms with E-state index in [9.17, 15) is 4.79 Å². The lowest BCUT2D eigenvalue weighted by atomic mass is 9.88. The van der Waals surface area contributed by atoms with Crippen LogP contribution in [-0.2, 0) is 4.79 Å². The number of rotatable bonds is 4. The fourth-order valence-electron chi connectivity index (χ4n) is 3.96. The number of hydrogen-bond acceptors (Lipinski definition) is 5. The Morgan fingerprint density at radius 2 is 1.63 bits per heavy atom. The molecule has 0 unspecified atom stereocenters. The van der Waals surface area contributed by atoms with E-state index < -0.39 is 0 Å². The lowest BCUT2D eigenvalue weighted by molar-refractivity contribution is -0.120. The predicted octanol–water partition coefficient (Wildman–Crippen LogP) is 4.37. The summed E-state index contributed by atoms with van der Waals surface area (Å²) in [4.78, 5) is 16.5. The molecule has 7 heteroatoms. The molecule has 1 saturated carbocycles. The van der Waals surface area contributed by atoms with Gasteiger partial charge in [-0.05, 0) is 49.2 Å². The minimum absolute atomic E-state index is 0.133. The molecule has 30 heavy (non-hydrogen) atoms. The Labute approximate surface area is 174 Å². The Bertz CT molecular complexity index is 1160. The van der Waals surface area contributed by atoms with Gasteiger partial charge in [0.25, 0.3) is 0 Å². The maximum atomic E-state index is 12.5. The summed E-state index contributed by atoms with van der Waals surface area (Å²) < 4.78 is 1.74. The van der Waals surface area contributed by atoms with Crippen LogP contribution in [0, 0.1) is 5.92 Å². The Morgan fingerprint density at radius 3 is 2.40 bits per heavy atom. The molecule has 0 aliphatic heterocycles. The summed E-state index contributed by atoms with van der Waals surface area (Å²) in [6.45, 7) is 0. The zero-order chi connectivity index (χ0) is 20.3. The van der Waals surface area contributed by atoms with E-state index in [1.807, 2.05) is 48.5 Å². The molecule has 0 radical (unpaired) electrons. The van der Waals surface area contributed by atoms with Crippen molar-refractivity contribution in [2.24, 2.45) is 5.92 Å². The zero-order valence-corrected chi connectivity index (χ0v) is 16.5. The van der Waals surface area contributed by atoms with Crippen LogP contribution in [0.2, 0.25) is 0 Å². The van der Waals surface area contributed by atoms with Gasteiger partial charge in [0.05, 0.1) is 5.69 Å². The average Bonchev–Trinajstić information content (AvgIpc) is 3.24. The normalized spacial score (nSPS) is 14.7. The van der Waals surface area contributed by atoms with E-state index in [4.69, 9.17) is 5.10 Å². The number of anilines is 1. The van der Waals surface area contributed by atoms with Gasteiger partial charge in [-0.1, -0.05) is 31.4 Å².